The van der Waals surface area contributed by atoms with Crippen LogP contribution in [0, 0.1) is 6.92 Å². The van der Waals surface area contributed by atoms with Gasteiger partial charge in [-0.25, -0.2) is 4.98 Å². The second-order valence-electron chi connectivity index (χ2n) is 6.08. The normalized spacial score (nSPS) is 18.9. The van der Waals surface area contributed by atoms with Crippen molar-refractivity contribution in [2.45, 2.75) is 56.0 Å². The maximum absolute atomic E-state index is 4.54. The summed E-state index contributed by atoms with van der Waals surface area (Å²) in [6.45, 7) is 4.31. The van der Waals surface area contributed by atoms with Gasteiger partial charge in [-0.3, -0.25) is 4.57 Å². The summed E-state index contributed by atoms with van der Waals surface area (Å²) in [4.78, 5) is 6.96. The lowest BCUT2D eigenvalue weighted by molar-refractivity contribution is 0.548. The Kier molecular flexibility index (Phi) is 4.09. The van der Waals surface area contributed by atoms with Crippen LogP contribution in [0.2, 0.25) is 0 Å². The van der Waals surface area contributed by atoms with Gasteiger partial charge in [0, 0.05) is 30.3 Å². The molecule has 2 aromatic heterocycles. The van der Waals surface area contributed by atoms with Gasteiger partial charge in [-0.15, -0.1) is 21.5 Å². The number of aryl methyl sites for hydroxylation is 1. The van der Waals surface area contributed by atoms with E-state index in [2.05, 4.69) is 37.0 Å². The first-order valence-electron chi connectivity index (χ1n) is 8.05. The number of piperidine rings is 1. The third kappa shape index (κ3) is 3.01. The third-order valence-corrected chi connectivity index (χ3v) is 6.01. The van der Waals surface area contributed by atoms with E-state index in [9.17, 15) is 0 Å². The van der Waals surface area contributed by atoms with Crippen LogP contribution in [0.15, 0.2) is 10.5 Å². The average molecular weight is 336 g/mol. The predicted octanol–water partition coefficient (Wildman–Crippen LogP) is 3.66. The number of rotatable bonds is 5. The Hall–Kier alpha value is -1.08. The highest BCUT2D eigenvalue weighted by Gasteiger charge is 2.32. The van der Waals surface area contributed by atoms with Crippen LogP contribution in [0.4, 0.5) is 5.95 Å². The molecule has 0 spiro atoms. The van der Waals surface area contributed by atoms with E-state index >= 15 is 0 Å². The quantitative estimate of drug-likeness (QED) is 0.780. The standard InChI is InChI=1S/C15H21N5S2/c1-11-16-12(9-21-11)10-22-15-18-17-14(20(15)13-5-6-13)19-7-3-2-4-8-19/h9,13H,2-8,10H2,1H3. The van der Waals surface area contributed by atoms with Crippen molar-refractivity contribution in [1.82, 2.24) is 19.7 Å². The Morgan fingerprint density at radius 2 is 2.05 bits per heavy atom. The van der Waals surface area contributed by atoms with Crippen molar-refractivity contribution in [3.05, 3.63) is 16.1 Å². The van der Waals surface area contributed by atoms with Gasteiger partial charge in [0.1, 0.15) is 0 Å². The van der Waals surface area contributed by atoms with Crippen LogP contribution < -0.4 is 4.90 Å². The molecule has 3 heterocycles. The summed E-state index contributed by atoms with van der Waals surface area (Å²) in [5.41, 5.74) is 1.15. The van der Waals surface area contributed by atoms with E-state index in [0.717, 1.165) is 40.6 Å². The predicted molar refractivity (Wildman–Crippen MR) is 90.8 cm³/mol. The van der Waals surface area contributed by atoms with Crippen LogP contribution in [-0.2, 0) is 5.75 Å². The number of thioether (sulfide) groups is 1. The van der Waals surface area contributed by atoms with Crippen LogP contribution in [0.5, 0.6) is 0 Å². The van der Waals surface area contributed by atoms with Gasteiger partial charge in [0.15, 0.2) is 5.16 Å². The van der Waals surface area contributed by atoms with Crippen molar-refractivity contribution in [3.63, 3.8) is 0 Å². The summed E-state index contributed by atoms with van der Waals surface area (Å²) in [7, 11) is 0. The number of hydrogen-bond donors (Lipinski definition) is 0. The highest BCUT2D eigenvalue weighted by molar-refractivity contribution is 7.98. The van der Waals surface area contributed by atoms with Gasteiger partial charge in [-0.2, -0.15) is 0 Å². The van der Waals surface area contributed by atoms with Crippen molar-refractivity contribution >= 4 is 29.0 Å². The molecule has 1 saturated heterocycles. The van der Waals surface area contributed by atoms with Crippen LogP contribution in [0.3, 0.4) is 0 Å². The zero-order valence-electron chi connectivity index (χ0n) is 12.9. The Morgan fingerprint density at radius 1 is 1.23 bits per heavy atom. The molecule has 5 nitrogen and oxygen atoms in total. The van der Waals surface area contributed by atoms with Crippen LogP contribution in [0.1, 0.15) is 48.8 Å². The molecule has 1 aliphatic carbocycles. The van der Waals surface area contributed by atoms with Crippen molar-refractivity contribution < 1.29 is 0 Å². The van der Waals surface area contributed by atoms with E-state index in [1.54, 1.807) is 23.1 Å². The first-order valence-corrected chi connectivity index (χ1v) is 9.91. The Balaban J connectivity index is 1.53. The Morgan fingerprint density at radius 3 is 2.73 bits per heavy atom. The second kappa shape index (κ2) is 6.20. The molecule has 0 amide bonds. The molecule has 2 aliphatic rings. The van der Waals surface area contributed by atoms with Gasteiger partial charge in [0.25, 0.3) is 0 Å². The molecule has 4 rings (SSSR count). The first-order chi connectivity index (χ1) is 10.8. The van der Waals surface area contributed by atoms with Gasteiger partial charge in [0.2, 0.25) is 5.95 Å². The Bertz CT molecular complexity index is 640. The molecule has 2 aromatic rings. The number of thiazole rings is 1. The number of aromatic nitrogens is 4. The molecule has 0 unspecified atom stereocenters. The maximum Gasteiger partial charge on any atom is 0.228 e. The molecule has 22 heavy (non-hydrogen) atoms. The number of hydrogen-bond acceptors (Lipinski definition) is 6. The van der Waals surface area contributed by atoms with Crippen LogP contribution in [-0.4, -0.2) is 32.8 Å². The van der Waals surface area contributed by atoms with Gasteiger partial charge in [0.05, 0.1) is 10.7 Å². The van der Waals surface area contributed by atoms with E-state index in [1.807, 2.05) is 0 Å². The molecule has 0 bridgehead atoms. The molecule has 1 saturated carbocycles. The zero-order chi connectivity index (χ0) is 14.9. The Labute approximate surface area is 139 Å². The average Bonchev–Trinajstić information content (AvgIpc) is 3.16. The van der Waals surface area contributed by atoms with Crippen LogP contribution >= 0.6 is 23.1 Å². The van der Waals surface area contributed by atoms with Crippen molar-refractivity contribution in [2.24, 2.45) is 0 Å². The summed E-state index contributed by atoms with van der Waals surface area (Å²) >= 11 is 3.49. The fourth-order valence-electron chi connectivity index (χ4n) is 2.94. The maximum atomic E-state index is 4.54. The highest BCUT2D eigenvalue weighted by Crippen LogP contribution is 2.41. The van der Waals surface area contributed by atoms with E-state index in [4.69, 9.17) is 0 Å². The number of nitrogens with zero attached hydrogens (tertiary/aromatic N) is 5. The van der Waals surface area contributed by atoms with E-state index in [-0.39, 0.29) is 0 Å². The minimum atomic E-state index is 0.617. The summed E-state index contributed by atoms with van der Waals surface area (Å²) < 4.78 is 2.38. The molecule has 7 heteroatoms. The molecule has 118 valence electrons. The molecule has 0 N–H and O–H groups in total. The summed E-state index contributed by atoms with van der Waals surface area (Å²) in [6, 6.07) is 0.617. The summed E-state index contributed by atoms with van der Waals surface area (Å²) in [5, 5.41) is 13.3. The SMILES string of the molecule is Cc1nc(CSc2nnc(N3CCCCC3)n2C2CC2)cs1. The van der Waals surface area contributed by atoms with Crippen molar-refractivity contribution in [1.29, 1.82) is 0 Å². The lowest BCUT2D eigenvalue weighted by Crippen LogP contribution is -2.31. The fraction of sp³-hybridized carbons (Fsp3) is 0.667. The molecular formula is C15H21N5S2. The summed E-state index contributed by atoms with van der Waals surface area (Å²) in [6.07, 6.45) is 6.43. The van der Waals surface area contributed by atoms with E-state index in [0.29, 0.717) is 6.04 Å². The first kappa shape index (κ1) is 14.5. The number of anilines is 1. The third-order valence-electron chi connectivity index (χ3n) is 4.21. The molecule has 0 atom stereocenters. The van der Waals surface area contributed by atoms with E-state index in [1.165, 1.54) is 32.1 Å². The monoisotopic (exact) mass is 335 g/mol. The van der Waals surface area contributed by atoms with Gasteiger partial charge in [-0.1, -0.05) is 11.8 Å². The van der Waals surface area contributed by atoms with Gasteiger partial charge in [-0.05, 0) is 39.0 Å². The smallest absolute Gasteiger partial charge is 0.228 e. The van der Waals surface area contributed by atoms with Crippen molar-refractivity contribution in [3.8, 4) is 0 Å². The van der Waals surface area contributed by atoms with Crippen molar-refractivity contribution in [2.75, 3.05) is 18.0 Å². The zero-order valence-corrected chi connectivity index (χ0v) is 14.5. The van der Waals surface area contributed by atoms with Gasteiger partial charge < -0.3 is 4.90 Å². The minimum Gasteiger partial charge on any atom is -0.341 e. The molecular weight excluding hydrogens is 314 g/mol. The lowest BCUT2D eigenvalue weighted by Gasteiger charge is -2.27. The van der Waals surface area contributed by atoms with E-state index < -0.39 is 0 Å². The fourth-order valence-corrected chi connectivity index (χ4v) is 4.55. The lowest BCUT2D eigenvalue weighted by atomic mass is 10.1. The molecule has 0 radical (unpaired) electrons. The topological polar surface area (TPSA) is 46.8 Å². The van der Waals surface area contributed by atoms with Crippen LogP contribution in [0.25, 0.3) is 0 Å². The molecule has 1 aliphatic heterocycles. The van der Waals surface area contributed by atoms with Gasteiger partial charge >= 0.3 is 0 Å². The minimum absolute atomic E-state index is 0.617. The molecule has 0 aromatic carbocycles. The molecule has 2 fully saturated rings. The largest absolute Gasteiger partial charge is 0.341 e. The second-order valence-corrected chi connectivity index (χ2v) is 8.08. The highest BCUT2D eigenvalue weighted by atomic mass is 32.2. The summed E-state index contributed by atoms with van der Waals surface area (Å²) in [5.74, 6) is 1.98.